The van der Waals surface area contributed by atoms with Crippen LogP contribution in [-0.2, 0) is 4.74 Å². The number of carbonyl (C=O) groups excluding carboxylic acids is 1. The van der Waals surface area contributed by atoms with E-state index in [1.165, 1.54) is 11.3 Å². The molecule has 0 aromatic carbocycles. The molecule has 0 bridgehead atoms. The van der Waals surface area contributed by atoms with E-state index < -0.39 is 0 Å². The molecule has 0 spiro atoms. The van der Waals surface area contributed by atoms with Crippen LogP contribution in [0, 0.1) is 6.92 Å². The number of rotatable bonds is 6. The topological polar surface area (TPSA) is 64.3 Å². The smallest absolute Gasteiger partial charge is 0.261 e. The highest BCUT2D eigenvalue weighted by molar-refractivity contribution is 7.13. The first-order valence-electron chi connectivity index (χ1n) is 7.37. The fourth-order valence-corrected chi connectivity index (χ4v) is 3.21. The zero-order valence-corrected chi connectivity index (χ0v) is 12.9. The minimum Gasteiger partial charge on any atom is -0.378 e. The highest BCUT2D eigenvalue weighted by Crippen LogP contribution is 2.19. The van der Waals surface area contributed by atoms with Crippen LogP contribution in [0.25, 0.3) is 0 Å². The Labute approximate surface area is 124 Å². The predicted octanol–water partition coefficient (Wildman–Crippen LogP) is 2.46. The van der Waals surface area contributed by atoms with Gasteiger partial charge >= 0.3 is 0 Å². The van der Waals surface area contributed by atoms with Gasteiger partial charge in [0.05, 0.1) is 11.0 Å². The Kier molecular flexibility index (Phi) is 6.01. The van der Waals surface area contributed by atoms with Crippen LogP contribution in [-0.4, -0.2) is 31.2 Å². The molecule has 1 amide bonds. The Bertz CT molecular complexity index is 425. The monoisotopic (exact) mass is 296 g/mol. The van der Waals surface area contributed by atoms with E-state index in [0.717, 1.165) is 41.9 Å². The molecule has 3 N–H and O–H groups in total. The van der Waals surface area contributed by atoms with Crippen molar-refractivity contribution in [1.29, 1.82) is 0 Å². The quantitative estimate of drug-likeness (QED) is 0.793. The van der Waals surface area contributed by atoms with E-state index in [2.05, 4.69) is 5.32 Å². The van der Waals surface area contributed by atoms with E-state index in [1.54, 1.807) is 0 Å². The molecule has 1 aromatic rings. The summed E-state index contributed by atoms with van der Waals surface area (Å²) in [6.07, 6.45) is 5.51. The molecule has 5 heteroatoms. The van der Waals surface area contributed by atoms with Crippen molar-refractivity contribution < 1.29 is 9.53 Å². The first-order chi connectivity index (χ1) is 9.65. The maximum absolute atomic E-state index is 11.8. The lowest BCUT2D eigenvalue weighted by molar-refractivity contribution is 0.0241. The third-order valence-electron chi connectivity index (χ3n) is 3.64. The van der Waals surface area contributed by atoms with Gasteiger partial charge in [0, 0.05) is 24.1 Å². The number of hydrogen-bond acceptors (Lipinski definition) is 4. The Morgan fingerprint density at radius 2 is 2.15 bits per heavy atom. The molecule has 1 heterocycles. The van der Waals surface area contributed by atoms with Gasteiger partial charge in [-0.25, -0.2) is 0 Å². The Hall–Kier alpha value is -0.910. The SMILES string of the molecule is Cc1ccc(C(=O)NCCCOC2CCC(N)CC2)s1. The minimum atomic E-state index is 0.0201. The van der Waals surface area contributed by atoms with E-state index >= 15 is 0 Å². The fourth-order valence-electron chi connectivity index (χ4n) is 2.42. The average molecular weight is 296 g/mol. The van der Waals surface area contributed by atoms with Gasteiger partial charge in [-0.2, -0.15) is 0 Å². The molecule has 1 aromatic heterocycles. The maximum Gasteiger partial charge on any atom is 0.261 e. The van der Waals surface area contributed by atoms with Gasteiger partial charge in [-0.1, -0.05) is 0 Å². The van der Waals surface area contributed by atoms with Crippen LogP contribution in [0.15, 0.2) is 12.1 Å². The fraction of sp³-hybridized carbons (Fsp3) is 0.667. The Morgan fingerprint density at radius 3 is 2.80 bits per heavy atom. The first kappa shape index (κ1) is 15.5. The van der Waals surface area contributed by atoms with Crippen LogP contribution in [0.2, 0.25) is 0 Å². The maximum atomic E-state index is 11.8. The zero-order valence-electron chi connectivity index (χ0n) is 12.1. The van der Waals surface area contributed by atoms with Gasteiger partial charge in [-0.05, 0) is 51.2 Å². The molecule has 0 aliphatic heterocycles. The van der Waals surface area contributed by atoms with Crippen molar-refractivity contribution in [2.45, 2.75) is 51.2 Å². The first-order valence-corrected chi connectivity index (χ1v) is 8.18. The minimum absolute atomic E-state index is 0.0201. The van der Waals surface area contributed by atoms with Crippen molar-refractivity contribution in [3.63, 3.8) is 0 Å². The number of aryl methyl sites for hydroxylation is 1. The molecule has 0 atom stereocenters. The summed E-state index contributed by atoms with van der Waals surface area (Å²) in [6, 6.07) is 4.21. The van der Waals surface area contributed by atoms with Crippen LogP contribution in [0.1, 0.15) is 46.7 Å². The van der Waals surface area contributed by atoms with Crippen molar-refractivity contribution >= 4 is 17.2 Å². The van der Waals surface area contributed by atoms with Crippen molar-refractivity contribution in [1.82, 2.24) is 5.32 Å². The second-order valence-corrected chi connectivity index (χ2v) is 6.72. The lowest BCUT2D eigenvalue weighted by Gasteiger charge is -2.26. The lowest BCUT2D eigenvalue weighted by atomic mass is 9.94. The van der Waals surface area contributed by atoms with E-state index in [0.29, 0.717) is 25.3 Å². The molecular formula is C15H24N2O2S. The highest BCUT2D eigenvalue weighted by atomic mass is 32.1. The van der Waals surface area contributed by atoms with Gasteiger partial charge in [-0.15, -0.1) is 11.3 Å². The van der Waals surface area contributed by atoms with Crippen molar-refractivity contribution in [2.24, 2.45) is 5.73 Å². The molecule has 1 saturated carbocycles. The normalized spacial score (nSPS) is 22.7. The van der Waals surface area contributed by atoms with Gasteiger partial charge in [0.15, 0.2) is 0 Å². The predicted molar refractivity (Wildman–Crippen MR) is 82.2 cm³/mol. The summed E-state index contributed by atoms with van der Waals surface area (Å²) < 4.78 is 5.82. The molecular weight excluding hydrogens is 272 g/mol. The van der Waals surface area contributed by atoms with Gasteiger partial charge < -0.3 is 15.8 Å². The molecule has 1 aliphatic carbocycles. The van der Waals surface area contributed by atoms with Crippen molar-refractivity contribution in [2.75, 3.05) is 13.2 Å². The number of nitrogens with one attached hydrogen (secondary N) is 1. The van der Waals surface area contributed by atoms with Crippen LogP contribution < -0.4 is 11.1 Å². The van der Waals surface area contributed by atoms with E-state index in [4.69, 9.17) is 10.5 Å². The molecule has 1 fully saturated rings. The van der Waals surface area contributed by atoms with Gasteiger partial charge in [0.25, 0.3) is 5.91 Å². The van der Waals surface area contributed by atoms with Crippen LogP contribution >= 0.6 is 11.3 Å². The third-order valence-corrected chi connectivity index (χ3v) is 4.64. The van der Waals surface area contributed by atoms with E-state index in [1.807, 2.05) is 19.1 Å². The lowest BCUT2D eigenvalue weighted by Crippen LogP contribution is -2.31. The summed E-state index contributed by atoms with van der Waals surface area (Å²) in [6.45, 7) is 3.39. The summed E-state index contributed by atoms with van der Waals surface area (Å²) in [5.74, 6) is 0.0201. The molecule has 20 heavy (non-hydrogen) atoms. The number of ether oxygens (including phenoxy) is 1. The standard InChI is InChI=1S/C15H24N2O2S/c1-11-3-8-14(20-11)15(18)17-9-2-10-19-13-6-4-12(16)5-7-13/h3,8,12-13H,2,4-7,9-10,16H2,1H3,(H,17,18). The van der Waals surface area contributed by atoms with Gasteiger partial charge in [0.1, 0.15) is 0 Å². The zero-order chi connectivity index (χ0) is 14.4. The largest absolute Gasteiger partial charge is 0.378 e. The summed E-state index contributed by atoms with van der Waals surface area (Å²) in [5, 5.41) is 2.93. The number of nitrogens with two attached hydrogens (primary N) is 1. The highest BCUT2D eigenvalue weighted by Gasteiger charge is 2.18. The molecule has 0 unspecified atom stereocenters. The number of carbonyl (C=O) groups is 1. The Morgan fingerprint density at radius 1 is 1.40 bits per heavy atom. The van der Waals surface area contributed by atoms with Crippen LogP contribution in [0.3, 0.4) is 0 Å². The van der Waals surface area contributed by atoms with E-state index in [-0.39, 0.29) is 5.91 Å². The second kappa shape index (κ2) is 7.76. The summed E-state index contributed by atoms with van der Waals surface area (Å²) in [5.41, 5.74) is 5.86. The van der Waals surface area contributed by atoms with E-state index in [9.17, 15) is 4.79 Å². The number of hydrogen-bond donors (Lipinski definition) is 2. The number of amides is 1. The third kappa shape index (κ3) is 4.89. The summed E-state index contributed by atoms with van der Waals surface area (Å²) >= 11 is 1.53. The average Bonchev–Trinajstić information content (AvgIpc) is 2.87. The molecule has 112 valence electrons. The van der Waals surface area contributed by atoms with Gasteiger partial charge in [0.2, 0.25) is 0 Å². The van der Waals surface area contributed by atoms with Gasteiger partial charge in [-0.3, -0.25) is 4.79 Å². The summed E-state index contributed by atoms with van der Waals surface area (Å²) in [7, 11) is 0. The summed E-state index contributed by atoms with van der Waals surface area (Å²) in [4.78, 5) is 13.7. The second-order valence-electron chi connectivity index (χ2n) is 5.43. The molecule has 4 nitrogen and oxygen atoms in total. The van der Waals surface area contributed by atoms with Crippen LogP contribution in [0.4, 0.5) is 0 Å². The van der Waals surface area contributed by atoms with Crippen LogP contribution in [0.5, 0.6) is 0 Å². The van der Waals surface area contributed by atoms with Crippen molar-refractivity contribution in [3.05, 3.63) is 21.9 Å². The molecule has 1 aliphatic rings. The van der Waals surface area contributed by atoms with Crippen molar-refractivity contribution in [3.8, 4) is 0 Å². The Balaban J connectivity index is 1.54. The molecule has 0 saturated heterocycles. The number of thiophene rings is 1. The molecule has 0 radical (unpaired) electrons. The molecule has 2 rings (SSSR count).